The highest BCUT2D eigenvalue weighted by Crippen LogP contribution is 2.60. The molecule has 0 aromatic carbocycles. The molecule has 0 aliphatic heterocycles. The van der Waals surface area contributed by atoms with E-state index in [0.29, 0.717) is 16.9 Å². The van der Waals surface area contributed by atoms with Gasteiger partial charge in [0.2, 0.25) is 0 Å². The Bertz CT molecular complexity index is 572. The van der Waals surface area contributed by atoms with E-state index in [-0.39, 0.29) is 42.6 Å². The Morgan fingerprint density at radius 2 is 1.31 bits per heavy atom. The van der Waals surface area contributed by atoms with Crippen molar-refractivity contribution in [1.82, 2.24) is 5.32 Å². The summed E-state index contributed by atoms with van der Waals surface area (Å²) < 4.78 is 5.21. The summed E-state index contributed by atoms with van der Waals surface area (Å²) in [5, 5.41) is 22.1. The molecular formula is C21H40Cl2N2O4. The zero-order chi connectivity index (χ0) is 20.3. The van der Waals surface area contributed by atoms with Gasteiger partial charge in [-0.2, -0.15) is 0 Å². The minimum atomic E-state index is -0.475. The van der Waals surface area contributed by atoms with E-state index in [4.69, 9.17) is 10.5 Å². The van der Waals surface area contributed by atoms with Crippen LogP contribution in [0.4, 0.5) is 4.79 Å². The van der Waals surface area contributed by atoms with Crippen molar-refractivity contribution in [3.8, 4) is 0 Å². The lowest BCUT2D eigenvalue weighted by Crippen LogP contribution is -2.61. The molecule has 4 saturated carbocycles. The lowest BCUT2D eigenvalue weighted by atomic mass is 9.48. The maximum atomic E-state index is 11.5. The van der Waals surface area contributed by atoms with E-state index in [1.165, 1.54) is 0 Å². The highest BCUT2D eigenvalue weighted by Gasteiger charge is 2.58. The van der Waals surface area contributed by atoms with Crippen LogP contribution in [0.1, 0.15) is 86.0 Å². The number of rotatable bonds is 1. The SMILES string of the molecule is CC1(O)CC2(CC(N)C2)C1.CC1(O)CC2(CC(NC(=O)OC(C)(C)C)C2)C1.Cl.Cl. The van der Waals surface area contributed by atoms with Gasteiger partial charge in [-0.25, -0.2) is 4.79 Å². The van der Waals surface area contributed by atoms with Gasteiger partial charge in [0, 0.05) is 12.1 Å². The molecular weight excluding hydrogens is 415 g/mol. The Morgan fingerprint density at radius 3 is 1.62 bits per heavy atom. The maximum Gasteiger partial charge on any atom is 0.407 e. The summed E-state index contributed by atoms with van der Waals surface area (Å²) >= 11 is 0. The summed E-state index contributed by atoms with van der Waals surface area (Å²) in [6, 6.07) is 0.650. The first-order chi connectivity index (χ1) is 12.1. The minimum absolute atomic E-state index is 0. The number of halogens is 2. The van der Waals surface area contributed by atoms with Gasteiger partial charge < -0.3 is 26.0 Å². The van der Waals surface area contributed by atoms with Gasteiger partial charge in [0.1, 0.15) is 5.60 Å². The molecule has 1 amide bonds. The second-order valence-corrected chi connectivity index (χ2v) is 11.6. The van der Waals surface area contributed by atoms with Crippen LogP contribution in [0.2, 0.25) is 0 Å². The van der Waals surface area contributed by atoms with Crippen LogP contribution < -0.4 is 11.1 Å². The van der Waals surface area contributed by atoms with Crippen molar-refractivity contribution in [2.24, 2.45) is 16.6 Å². The summed E-state index contributed by atoms with van der Waals surface area (Å²) in [7, 11) is 0. The van der Waals surface area contributed by atoms with E-state index in [2.05, 4.69) is 5.32 Å². The van der Waals surface area contributed by atoms with E-state index in [1.807, 2.05) is 34.6 Å². The predicted octanol–water partition coefficient (Wildman–Crippen LogP) is 3.69. The fraction of sp³-hybridized carbons (Fsp3) is 0.952. The van der Waals surface area contributed by atoms with Gasteiger partial charge in [-0.15, -0.1) is 24.8 Å². The van der Waals surface area contributed by atoms with Crippen molar-refractivity contribution in [2.45, 2.75) is 115 Å². The number of amides is 1. The first-order valence-corrected chi connectivity index (χ1v) is 10.3. The van der Waals surface area contributed by atoms with Crippen molar-refractivity contribution >= 4 is 30.9 Å². The van der Waals surface area contributed by atoms with Crippen LogP contribution in [-0.2, 0) is 4.74 Å². The average Bonchev–Trinajstić information content (AvgIpc) is 2.28. The van der Waals surface area contributed by atoms with Crippen molar-refractivity contribution < 1.29 is 19.7 Å². The molecule has 4 aliphatic rings. The Kier molecular flexibility index (Phi) is 7.70. The molecule has 0 radical (unpaired) electrons. The number of nitrogens with one attached hydrogen (secondary N) is 1. The standard InChI is InChI=1S/C13H23NO3.C8H15NO.2ClH/c1-11(2,3)17-10(15)14-9-5-13(6-9)7-12(4,16)8-13;1-7(10)4-8(5-7)2-6(9)3-8;;/h9,16H,5-8H2,1-4H3,(H,14,15);6,10H,2-5,9H2,1H3;2*1H. The number of carbonyl (C=O) groups excluding carboxylic acids is 1. The van der Waals surface area contributed by atoms with Crippen LogP contribution in [0, 0.1) is 10.8 Å². The highest BCUT2D eigenvalue weighted by atomic mass is 35.5. The normalized spacial score (nSPS) is 44.3. The van der Waals surface area contributed by atoms with E-state index in [1.54, 1.807) is 0 Å². The Hall–Kier alpha value is -0.270. The van der Waals surface area contributed by atoms with E-state index in [9.17, 15) is 15.0 Å². The van der Waals surface area contributed by atoms with Gasteiger partial charge in [0.15, 0.2) is 0 Å². The van der Waals surface area contributed by atoms with Crippen molar-refractivity contribution in [1.29, 1.82) is 0 Å². The van der Waals surface area contributed by atoms with Crippen molar-refractivity contribution in [3.05, 3.63) is 0 Å². The number of alkyl carbamates (subject to hydrolysis) is 1. The maximum absolute atomic E-state index is 11.5. The fourth-order valence-corrected chi connectivity index (χ4v) is 6.32. The van der Waals surface area contributed by atoms with Crippen LogP contribution in [0.5, 0.6) is 0 Å². The number of nitrogens with two attached hydrogens (primary N) is 1. The number of carbonyl (C=O) groups is 1. The molecule has 0 aromatic heterocycles. The zero-order valence-corrected chi connectivity index (χ0v) is 20.0. The van der Waals surface area contributed by atoms with Crippen LogP contribution in [-0.4, -0.2) is 45.2 Å². The quantitative estimate of drug-likeness (QED) is 0.483. The summed E-state index contributed by atoms with van der Waals surface area (Å²) in [5.41, 5.74) is 5.17. The average molecular weight is 455 g/mol. The third-order valence-electron chi connectivity index (χ3n) is 6.49. The molecule has 2 spiro atoms. The Balaban J connectivity index is 0.000000301. The molecule has 29 heavy (non-hydrogen) atoms. The van der Waals surface area contributed by atoms with Gasteiger partial charge in [0.25, 0.3) is 0 Å². The second-order valence-electron chi connectivity index (χ2n) is 11.6. The minimum Gasteiger partial charge on any atom is -0.444 e. The van der Waals surface area contributed by atoms with E-state index >= 15 is 0 Å². The summed E-state index contributed by atoms with van der Waals surface area (Å²) in [6.07, 6.45) is 7.60. The monoisotopic (exact) mass is 454 g/mol. The highest BCUT2D eigenvalue weighted by molar-refractivity contribution is 5.85. The van der Waals surface area contributed by atoms with E-state index in [0.717, 1.165) is 51.4 Å². The lowest BCUT2D eigenvalue weighted by molar-refractivity contribution is -0.160. The first kappa shape index (κ1) is 26.8. The summed E-state index contributed by atoms with van der Waals surface area (Å²) in [5.74, 6) is 0. The molecule has 0 saturated heterocycles. The molecule has 0 atom stereocenters. The third kappa shape index (κ3) is 6.60. The van der Waals surface area contributed by atoms with Crippen molar-refractivity contribution in [2.75, 3.05) is 0 Å². The molecule has 172 valence electrons. The second kappa shape index (κ2) is 8.34. The van der Waals surface area contributed by atoms with Crippen molar-refractivity contribution in [3.63, 3.8) is 0 Å². The molecule has 0 unspecified atom stereocenters. The first-order valence-electron chi connectivity index (χ1n) is 10.3. The lowest BCUT2D eigenvalue weighted by Gasteiger charge is -2.60. The number of hydrogen-bond acceptors (Lipinski definition) is 5. The fourth-order valence-electron chi connectivity index (χ4n) is 6.32. The topological polar surface area (TPSA) is 105 Å². The molecule has 6 nitrogen and oxygen atoms in total. The van der Waals surface area contributed by atoms with Gasteiger partial charge in [-0.3, -0.25) is 0 Å². The van der Waals surface area contributed by atoms with Crippen LogP contribution in [0.3, 0.4) is 0 Å². The van der Waals surface area contributed by atoms with Crippen LogP contribution in [0.15, 0.2) is 0 Å². The van der Waals surface area contributed by atoms with Gasteiger partial charge >= 0.3 is 6.09 Å². The Labute approximate surface area is 187 Å². The molecule has 4 aliphatic carbocycles. The smallest absolute Gasteiger partial charge is 0.407 e. The largest absolute Gasteiger partial charge is 0.444 e. The van der Waals surface area contributed by atoms with Crippen LogP contribution >= 0.6 is 24.8 Å². The van der Waals surface area contributed by atoms with E-state index < -0.39 is 11.2 Å². The van der Waals surface area contributed by atoms with Gasteiger partial charge in [-0.05, 0) is 96.8 Å². The third-order valence-corrected chi connectivity index (χ3v) is 6.49. The van der Waals surface area contributed by atoms with Gasteiger partial charge in [-0.1, -0.05) is 0 Å². The molecule has 0 aromatic rings. The molecule has 8 heteroatoms. The summed E-state index contributed by atoms with van der Waals surface area (Å²) in [6.45, 7) is 9.38. The zero-order valence-electron chi connectivity index (χ0n) is 18.4. The molecule has 0 heterocycles. The molecule has 4 fully saturated rings. The number of aliphatic hydroxyl groups is 2. The summed E-state index contributed by atoms with van der Waals surface area (Å²) in [4.78, 5) is 11.5. The number of ether oxygens (including phenoxy) is 1. The van der Waals surface area contributed by atoms with Crippen LogP contribution in [0.25, 0.3) is 0 Å². The molecule has 0 bridgehead atoms. The predicted molar refractivity (Wildman–Crippen MR) is 119 cm³/mol. The molecule has 4 rings (SSSR count). The Morgan fingerprint density at radius 1 is 0.931 bits per heavy atom. The van der Waals surface area contributed by atoms with Gasteiger partial charge in [0.05, 0.1) is 11.2 Å². The number of hydrogen-bond donors (Lipinski definition) is 4. The molecule has 5 N–H and O–H groups in total.